The molecule has 2 rings (SSSR count). The fourth-order valence-corrected chi connectivity index (χ4v) is 3.21. The summed E-state index contributed by atoms with van der Waals surface area (Å²) in [4.78, 5) is 4.37. The lowest BCUT2D eigenvalue weighted by Crippen LogP contribution is -2.53. The van der Waals surface area contributed by atoms with Gasteiger partial charge in [0.25, 0.3) is 0 Å². The predicted octanol–water partition coefficient (Wildman–Crippen LogP) is 2.32. The minimum absolute atomic E-state index is 0.0262. The van der Waals surface area contributed by atoms with Crippen molar-refractivity contribution in [3.63, 3.8) is 0 Å². The number of nitrogens with two attached hydrogens (primary N) is 1. The molecule has 20 heavy (non-hydrogen) atoms. The number of ether oxygens (including phenoxy) is 1. The topological polar surface area (TPSA) is 66.0 Å². The second kappa shape index (κ2) is 6.22. The Kier molecular flexibility index (Phi) is 4.81. The smallest absolute Gasteiger partial charge is 0.138 e. The van der Waals surface area contributed by atoms with Crippen LogP contribution in [0.25, 0.3) is 0 Å². The zero-order valence-electron chi connectivity index (χ0n) is 13.2. The third kappa shape index (κ3) is 3.04. The maximum atomic E-state index is 6.49. The molecule has 1 heterocycles. The van der Waals surface area contributed by atoms with Crippen LogP contribution in [0, 0.1) is 5.92 Å². The minimum Gasteiger partial charge on any atom is -0.377 e. The van der Waals surface area contributed by atoms with Gasteiger partial charge >= 0.3 is 0 Å². The van der Waals surface area contributed by atoms with Gasteiger partial charge in [-0.15, -0.1) is 0 Å². The first-order valence-electron chi connectivity index (χ1n) is 7.67. The van der Waals surface area contributed by atoms with Gasteiger partial charge in [0.15, 0.2) is 0 Å². The van der Waals surface area contributed by atoms with Gasteiger partial charge in [-0.3, -0.25) is 0 Å². The molecule has 5 nitrogen and oxygen atoms in total. The van der Waals surface area contributed by atoms with Crippen LogP contribution >= 0.6 is 0 Å². The van der Waals surface area contributed by atoms with Crippen molar-refractivity contribution in [2.75, 3.05) is 7.11 Å². The molecule has 0 aliphatic heterocycles. The number of hydrogen-bond donors (Lipinski definition) is 1. The highest BCUT2D eigenvalue weighted by Crippen LogP contribution is 2.37. The Morgan fingerprint density at radius 2 is 2.10 bits per heavy atom. The van der Waals surface area contributed by atoms with E-state index < -0.39 is 0 Å². The van der Waals surface area contributed by atoms with Crippen LogP contribution in [0.4, 0.5) is 0 Å². The molecular weight excluding hydrogens is 252 g/mol. The van der Waals surface area contributed by atoms with Gasteiger partial charge in [-0.25, -0.2) is 9.67 Å². The van der Waals surface area contributed by atoms with Crippen molar-refractivity contribution in [1.29, 1.82) is 0 Å². The van der Waals surface area contributed by atoms with Gasteiger partial charge in [0.05, 0.1) is 5.60 Å². The summed E-state index contributed by atoms with van der Waals surface area (Å²) in [7, 11) is 1.79. The number of hydrogen-bond acceptors (Lipinski definition) is 4. The summed E-state index contributed by atoms with van der Waals surface area (Å²) in [6.45, 7) is 6.52. The molecular formula is C15H28N4O. The van der Waals surface area contributed by atoms with Crippen molar-refractivity contribution in [3.8, 4) is 0 Å². The molecule has 5 heteroatoms. The van der Waals surface area contributed by atoms with E-state index in [1.165, 1.54) is 12.8 Å². The van der Waals surface area contributed by atoms with Gasteiger partial charge in [0.1, 0.15) is 12.2 Å². The number of rotatable bonds is 5. The quantitative estimate of drug-likeness (QED) is 0.899. The minimum atomic E-state index is -0.194. The Hall–Kier alpha value is -0.940. The van der Waals surface area contributed by atoms with E-state index >= 15 is 0 Å². The molecule has 1 fully saturated rings. The Balaban J connectivity index is 2.09. The van der Waals surface area contributed by atoms with Crippen molar-refractivity contribution in [2.24, 2.45) is 11.7 Å². The first kappa shape index (κ1) is 15.4. The molecule has 1 atom stereocenters. The van der Waals surface area contributed by atoms with Crippen molar-refractivity contribution >= 4 is 0 Å². The number of aromatic nitrogens is 3. The van der Waals surface area contributed by atoms with Gasteiger partial charge in [0.2, 0.25) is 0 Å². The summed E-state index contributed by atoms with van der Waals surface area (Å²) in [6, 6.07) is 0.284. The van der Waals surface area contributed by atoms with E-state index in [2.05, 4.69) is 30.9 Å². The van der Waals surface area contributed by atoms with Gasteiger partial charge in [-0.2, -0.15) is 5.10 Å². The lowest BCUT2D eigenvalue weighted by Gasteiger charge is -2.42. The van der Waals surface area contributed by atoms with Gasteiger partial charge in [0, 0.05) is 25.6 Å². The molecule has 1 saturated carbocycles. The van der Waals surface area contributed by atoms with Crippen LogP contribution in [0.15, 0.2) is 6.33 Å². The third-order valence-electron chi connectivity index (χ3n) is 4.74. The van der Waals surface area contributed by atoms with Crippen LogP contribution in [0.2, 0.25) is 0 Å². The summed E-state index contributed by atoms with van der Waals surface area (Å²) in [5, 5.41) is 4.28. The highest BCUT2D eigenvalue weighted by molar-refractivity contribution is 5.01. The van der Waals surface area contributed by atoms with Crippen LogP contribution < -0.4 is 5.73 Å². The molecule has 0 spiro atoms. The first-order chi connectivity index (χ1) is 9.48. The molecule has 114 valence electrons. The molecule has 1 aliphatic carbocycles. The first-order valence-corrected chi connectivity index (χ1v) is 7.67. The zero-order chi connectivity index (χ0) is 14.8. The van der Waals surface area contributed by atoms with Crippen LogP contribution in [-0.4, -0.2) is 33.5 Å². The monoisotopic (exact) mass is 280 g/mol. The Labute approximate surface area is 121 Å². The second-order valence-corrected chi connectivity index (χ2v) is 6.48. The van der Waals surface area contributed by atoms with Crippen molar-refractivity contribution in [2.45, 2.75) is 70.6 Å². The van der Waals surface area contributed by atoms with Crippen LogP contribution in [0.5, 0.6) is 0 Å². The SMILES string of the molecule is COC1(C(N)Cc2ncnn2C(C)C)CCC(C)CC1. The summed E-state index contributed by atoms with van der Waals surface area (Å²) in [5.74, 6) is 1.74. The van der Waals surface area contributed by atoms with Crippen LogP contribution in [0.3, 0.4) is 0 Å². The highest BCUT2D eigenvalue weighted by atomic mass is 16.5. The molecule has 0 aromatic carbocycles. The van der Waals surface area contributed by atoms with Crippen LogP contribution in [-0.2, 0) is 11.2 Å². The molecule has 0 amide bonds. The van der Waals surface area contributed by atoms with Crippen molar-refractivity contribution in [3.05, 3.63) is 12.2 Å². The van der Waals surface area contributed by atoms with Crippen molar-refractivity contribution in [1.82, 2.24) is 14.8 Å². The van der Waals surface area contributed by atoms with E-state index in [0.29, 0.717) is 6.04 Å². The summed E-state index contributed by atoms with van der Waals surface area (Å²) in [6.07, 6.45) is 6.81. The second-order valence-electron chi connectivity index (χ2n) is 6.48. The molecule has 1 aromatic heterocycles. The van der Waals surface area contributed by atoms with E-state index in [-0.39, 0.29) is 11.6 Å². The van der Waals surface area contributed by atoms with E-state index in [4.69, 9.17) is 10.5 Å². The Morgan fingerprint density at radius 3 is 2.65 bits per heavy atom. The van der Waals surface area contributed by atoms with Gasteiger partial charge < -0.3 is 10.5 Å². The predicted molar refractivity (Wildman–Crippen MR) is 79.5 cm³/mol. The van der Waals surface area contributed by atoms with Crippen molar-refractivity contribution < 1.29 is 4.74 Å². The molecule has 0 bridgehead atoms. The maximum Gasteiger partial charge on any atom is 0.138 e. The summed E-state index contributed by atoms with van der Waals surface area (Å²) >= 11 is 0. The average Bonchev–Trinajstić information content (AvgIpc) is 2.88. The number of methoxy groups -OCH3 is 1. The molecule has 2 N–H and O–H groups in total. The standard InChI is InChI=1S/C15H28N4O/c1-11(2)19-14(17-10-18-19)9-13(16)15(20-4)7-5-12(3)6-8-15/h10-13H,5-9,16H2,1-4H3. The molecule has 1 aromatic rings. The van der Waals surface area contributed by atoms with E-state index in [1.807, 2.05) is 4.68 Å². The average molecular weight is 280 g/mol. The van der Waals surface area contributed by atoms with Crippen LogP contribution in [0.1, 0.15) is 58.3 Å². The lowest BCUT2D eigenvalue weighted by atomic mass is 9.74. The van der Waals surface area contributed by atoms with E-state index in [1.54, 1.807) is 13.4 Å². The zero-order valence-corrected chi connectivity index (χ0v) is 13.2. The normalized spacial score (nSPS) is 28.8. The highest BCUT2D eigenvalue weighted by Gasteiger charge is 2.40. The Bertz CT molecular complexity index is 421. The Morgan fingerprint density at radius 1 is 1.45 bits per heavy atom. The third-order valence-corrected chi connectivity index (χ3v) is 4.74. The lowest BCUT2D eigenvalue weighted by molar-refractivity contribution is -0.0664. The largest absolute Gasteiger partial charge is 0.377 e. The maximum absolute atomic E-state index is 6.49. The van der Waals surface area contributed by atoms with E-state index in [0.717, 1.165) is 31.0 Å². The summed E-state index contributed by atoms with van der Waals surface area (Å²) < 4.78 is 7.81. The summed E-state index contributed by atoms with van der Waals surface area (Å²) in [5.41, 5.74) is 6.30. The fraction of sp³-hybridized carbons (Fsp3) is 0.867. The van der Waals surface area contributed by atoms with Gasteiger partial charge in [-0.05, 0) is 45.4 Å². The van der Waals surface area contributed by atoms with Gasteiger partial charge in [-0.1, -0.05) is 6.92 Å². The van der Waals surface area contributed by atoms with E-state index in [9.17, 15) is 0 Å². The molecule has 1 aliphatic rings. The molecule has 0 radical (unpaired) electrons. The molecule has 1 unspecified atom stereocenters. The number of nitrogens with zero attached hydrogens (tertiary/aromatic N) is 3. The fourth-order valence-electron chi connectivity index (χ4n) is 3.21. The molecule has 0 saturated heterocycles.